The van der Waals surface area contributed by atoms with Gasteiger partial charge in [0.05, 0.1) is 12.9 Å². The summed E-state index contributed by atoms with van der Waals surface area (Å²) < 4.78 is 43.6. The number of nitrogens with zero attached hydrogens (tertiary/aromatic N) is 3. The second kappa shape index (κ2) is 7.97. The van der Waals surface area contributed by atoms with Gasteiger partial charge >= 0.3 is 6.03 Å². The van der Waals surface area contributed by atoms with Gasteiger partial charge in [0, 0.05) is 57.6 Å². The highest BCUT2D eigenvalue weighted by atomic mass is 32.2. The summed E-state index contributed by atoms with van der Waals surface area (Å²) in [4.78, 5) is 18.7. The van der Waals surface area contributed by atoms with Crippen molar-refractivity contribution in [2.24, 2.45) is 5.92 Å². The summed E-state index contributed by atoms with van der Waals surface area (Å²) in [6, 6.07) is 3.77. The normalized spacial score (nSPS) is 25.8. The van der Waals surface area contributed by atoms with Crippen molar-refractivity contribution in [3.8, 4) is 5.75 Å². The van der Waals surface area contributed by atoms with Gasteiger partial charge in [0.15, 0.2) is 21.4 Å². The summed E-state index contributed by atoms with van der Waals surface area (Å²) in [5, 5.41) is 2.65. The summed E-state index contributed by atoms with van der Waals surface area (Å²) in [5.41, 5.74) is 0.308. The van der Waals surface area contributed by atoms with Gasteiger partial charge in [0.25, 0.3) is 0 Å². The minimum absolute atomic E-state index is 0.0355. The van der Waals surface area contributed by atoms with Crippen molar-refractivity contribution in [1.82, 2.24) is 14.7 Å². The number of hydrogen-bond donors (Lipinski definition) is 1. The summed E-state index contributed by atoms with van der Waals surface area (Å²) in [6.45, 7) is 4.99. The van der Waals surface area contributed by atoms with E-state index in [1.165, 1.54) is 24.1 Å². The molecule has 1 aromatic rings. The van der Waals surface area contributed by atoms with E-state index < -0.39 is 26.4 Å². The maximum atomic E-state index is 13.9. The Kier molecular flexibility index (Phi) is 5.67. The lowest BCUT2D eigenvalue weighted by Crippen LogP contribution is -2.70. The number of rotatable bonds is 4. The number of halogens is 1. The largest absolute Gasteiger partial charge is 0.494 e. The number of urea groups is 1. The smallest absolute Gasteiger partial charge is 0.321 e. The van der Waals surface area contributed by atoms with Crippen molar-refractivity contribution in [2.45, 2.75) is 11.2 Å². The summed E-state index contributed by atoms with van der Waals surface area (Å²) in [6.07, 6.45) is 0.647. The number of hydrogen-bond acceptors (Lipinski definition) is 6. The van der Waals surface area contributed by atoms with E-state index in [2.05, 4.69) is 22.2 Å². The zero-order valence-corrected chi connectivity index (χ0v) is 18.3. The lowest BCUT2D eigenvalue weighted by atomic mass is 9.83. The number of anilines is 1. The molecule has 3 aliphatic rings. The number of piperazine rings is 1. The number of methoxy groups -OCH3 is 1. The fourth-order valence-electron chi connectivity index (χ4n) is 4.76. The fourth-order valence-corrected chi connectivity index (χ4v) is 7.17. The van der Waals surface area contributed by atoms with E-state index in [1.807, 2.05) is 0 Å². The first-order chi connectivity index (χ1) is 14.2. The number of amides is 2. The van der Waals surface area contributed by atoms with Gasteiger partial charge in [-0.15, -0.1) is 0 Å². The third-order valence-corrected chi connectivity index (χ3v) is 9.38. The van der Waals surface area contributed by atoms with Crippen LogP contribution < -0.4 is 10.1 Å². The molecule has 3 heterocycles. The monoisotopic (exact) mass is 440 g/mol. The van der Waals surface area contributed by atoms with Crippen LogP contribution in [0.5, 0.6) is 5.75 Å². The van der Waals surface area contributed by atoms with Crippen LogP contribution in [0.2, 0.25) is 0 Å². The molecule has 1 unspecified atom stereocenters. The molecule has 10 heteroatoms. The molecule has 1 atom stereocenters. The number of carbonyl (C=O) groups is 1. The average Bonchev–Trinajstić information content (AvgIpc) is 2.93. The number of sulfone groups is 1. The van der Waals surface area contributed by atoms with E-state index in [0.717, 1.165) is 32.7 Å². The molecular weight excluding hydrogens is 411 g/mol. The van der Waals surface area contributed by atoms with Crippen molar-refractivity contribution in [3.63, 3.8) is 0 Å². The molecule has 0 aromatic heterocycles. The van der Waals surface area contributed by atoms with Gasteiger partial charge in [-0.25, -0.2) is 17.6 Å². The second-order valence-corrected chi connectivity index (χ2v) is 11.1. The van der Waals surface area contributed by atoms with Crippen LogP contribution >= 0.6 is 0 Å². The van der Waals surface area contributed by atoms with Gasteiger partial charge in [-0.3, -0.25) is 0 Å². The number of benzene rings is 1. The Hall–Kier alpha value is -1.91. The minimum Gasteiger partial charge on any atom is -0.494 e. The van der Waals surface area contributed by atoms with Gasteiger partial charge in [0.1, 0.15) is 4.75 Å². The van der Waals surface area contributed by atoms with E-state index in [1.54, 1.807) is 6.07 Å². The van der Waals surface area contributed by atoms with Crippen molar-refractivity contribution in [1.29, 1.82) is 0 Å². The fraction of sp³-hybridized carbons (Fsp3) is 0.650. The van der Waals surface area contributed by atoms with Gasteiger partial charge in [-0.05, 0) is 31.5 Å². The second-order valence-electron chi connectivity index (χ2n) is 8.61. The van der Waals surface area contributed by atoms with Crippen LogP contribution in [0.3, 0.4) is 0 Å². The molecule has 2 amide bonds. The zero-order chi connectivity index (χ0) is 21.5. The Balaban J connectivity index is 1.40. The molecule has 0 aliphatic carbocycles. The molecule has 0 radical (unpaired) electrons. The third kappa shape index (κ3) is 3.76. The lowest BCUT2D eigenvalue weighted by molar-refractivity contribution is 0.0788. The van der Waals surface area contributed by atoms with Gasteiger partial charge < -0.3 is 24.8 Å². The predicted octanol–water partition coefficient (Wildman–Crippen LogP) is 1.10. The molecule has 0 saturated carbocycles. The Bertz CT molecular complexity index is 911. The van der Waals surface area contributed by atoms with Gasteiger partial charge in [-0.1, -0.05) is 0 Å². The third-order valence-electron chi connectivity index (χ3n) is 6.78. The Morgan fingerprint density at radius 3 is 2.60 bits per heavy atom. The molecule has 8 nitrogen and oxygen atoms in total. The molecule has 1 N–H and O–H groups in total. The molecular formula is C20H29FN4O4S. The van der Waals surface area contributed by atoms with E-state index in [0.29, 0.717) is 12.1 Å². The minimum atomic E-state index is -3.25. The van der Waals surface area contributed by atoms with Crippen LogP contribution in [0.15, 0.2) is 18.2 Å². The molecule has 1 aromatic carbocycles. The van der Waals surface area contributed by atoms with Crippen LogP contribution in [0.4, 0.5) is 14.9 Å². The summed E-state index contributed by atoms with van der Waals surface area (Å²) in [7, 11) is 0.214. The van der Waals surface area contributed by atoms with E-state index in [-0.39, 0.29) is 30.5 Å². The molecule has 30 heavy (non-hydrogen) atoms. The topological polar surface area (TPSA) is 82.2 Å². The number of carbonyl (C=O) groups excluding carboxylic acids is 1. The van der Waals surface area contributed by atoms with E-state index >= 15 is 0 Å². The van der Waals surface area contributed by atoms with Crippen LogP contribution in [0.25, 0.3) is 0 Å². The molecule has 4 rings (SSSR count). The maximum absolute atomic E-state index is 13.9. The van der Waals surface area contributed by atoms with Crippen molar-refractivity contribution >= 4 is 21.6 Å². The number of ether oxygens (including phenoxy) is 1. The first kappa shape index (κ1) is 21.3. The highest BCUT2D eigenvalue weighted by Gasteiger charge is 2.62. The van der Waals surface area contributed by atoms with Crippen molar-refractivity contribution < 1.29 is 22.3 Å². The summed E-state index contributed by atoms with van der Waals surface area (Å²) in [5.74, 6) is -0.251. The molecule has 1 spiro atoms. The van der Waals surface area contributed by atoms with Gasteiger partial charge in [-0.2, -0.15) is 0 Å². The van der Waals surface area contributed by atoms with Crippen LogP contribution in [-0.2, 0) is 9.84 Å². The first-order valence-corrected chi connectivity index (χ1v) is 11.9. The van der Waals surface area contributed by atoms with Crippen LogP contribution in [0.1, 0.15) is 6.42 Å². The number of likely N-dealkylation sites (tertiary alicyclic amines) is 1. The Morgan fingerprint density at radius 2 is 1.97 bits per heavy atom. The first-order valence-electron chi connectivity index (χ1n) is 10.3. The number of likely N-dealkylation sites (N-methyl/N-ethyl adjacent to an activating group) is 1. The molecule has 3 fully saturated rings. The number of nitrogens with one attached hydrogen (secondary N) is 1. The van der Waals surface area contributed by atoms with Crippen molar-refractivity contribution in [3.05, 3.63) is 24.0 Å². The molecule has 3 aliphatic heterocycles. The maximum Gasteiger partial charge on any atom is 0.321 e. The Labute approximate surface area is 176 Å². The SMILES string of the molecule is COc1ccc(NC(=O)N2CC3(C2)C(CN2CCN(C)CC2)CCS3(=O)=O)cc1F. The predicted molar refractivity (Wildman–Crippen MR) is 112 cm³/mol. The molecule has 0 bridgehead atoms. The van der Waals surface area contributed by atoms with Gasteiger partial charge in [0.2, 0.25) is 0 Å². The highest BCUT2D eigenvalue weighted by molar-refractivity contribution is 7.93. The molecule has 3 saturated heterocycles. The average molecular weight is 441 g/mol. The highest BCUT2D eigenvalue weighted by Crippen LogP contribution is 2.45. The molecule has 166 valence electrons. The van der Waals surface area contributed by atoms with E-state index in [4.69, 9.17) is 4.74 Å². The Morgan fingerprint density at radius 1 is 1.27 bits per heavy atom. The van der Waals surface area contributed by atoms with Crippen LogP contribution in [-0.4, -0.2) is 99.6 Å². The quantitative estimate of drug-likeness (QED) is 0.755. The lowest BCUT2D eigenvalue weighted by Gasteiger charge is -2.50. The van der Waals surface area contributed by atoms with Crippen LogP contribution in [0, 0.1) is 11.7 Å². The summed E-state index contributed by atoms with van der Waals surface area (Å²) >= 11 is 0. The zero-order valence-electron chi connectivity index (χ0n) is 17.4. The standard InChI is InChI=1S/C20H29FN4O4S/c1-23-6-8-24(9-7-23)12-15-5-10-30(27,28)20(15)13-25(14-20)19(26)22-16-3-4-18(29-2)17(21)11-16/h3-4,11,15H,5-10,12-14H2,1-2H3,(H,22,26). The van der Waals surface area contributed by atoms with Crippen molar-refractivity contribution in [2.75, 3.05) is 71.0 Å². The van der Waals surface area contributed by atoms with E-state index in [9.17, 15) is 17.6 Å².